The first-order valence-corrected chi connectivity index (χ1v) is 5.39. The Balaban J connectivity index is 2.59. The fourth-order valence-electron chi connectivity index (χ4n) is 1.51. The molecule has 0 aliphatic heterocycles. The van der Waals surface area contributed by atoms with Crippen LogP contribution in [0.2, 0.25) is 0 Å². The fraction of sp³-hybridized carbons (Fsp3) is 0.0833. The van der Waals surface area contributed by atoms with Crippen molar-refractivity contribution in [2.45, 2.75) is 6.92 Å². The normalized spacial score (nSPS) is 10.3. The molecule has 1 heterocycles. The second kappa shape index (κ2) is 3.95. The van der Waals surface area contributed by atoms with Crippen LogP contribution in [-0.4, -0.2) is 6.29 Å². The maximum Gasteiger partial charge on any atom is 0.151 e. The van der Waals surface area contributed by atoms with Gasteiger partial charge in [0.1, 0.15) is 5.82 Å². The van der Waals surface area contributed by atoms with E-state index in [1.807, 2.05) is 12.3 Å². The smallest absolute Gasteiger partial charge is 0.151 e. The van der Waals surface area contributed by atoms with E-state index in [9.17, 15) is 9.18 Å². The topological polar surface area (TPSA) is 17.1 Å². The van der Waals surface area contributed by atoms with Crippen LogP contribution in [0.4, 0.5) is 4.39 Å². The minimum Gasteiger partial charge on any atom is -0.298 e. The summed E-state index contributed by atoms with van der Waals surface area (Å²) in [6, 6.07) is 6.37. The van der Waals surface area contributed by atoms with Crippen molar-refractivity contribution in [3.8, 4) is 10.4 Å². The fourth-order valence-corrected chi connectivity index (χ4v) is 2.47. The zero-order valence-corrected chi connectivity index (χ0v) is 8.98. The molecule has 76 valence electrons. The number of rotatable bonds is 2. The molecule has 2 aromatic rings. The molecule has 1 aromatic heterocycles. The van der Waals surface area contributed by atoms with Gasteiger partial charge in [-0.3, -0.25) is 4.79 Å². The van der Waals surface area contributed by atoms with Crippen molar-refractivity contribution in [2.75, 3.05) is 0 Å². The second-order valence-corrected chi connectivity index (χ2v) is 4.20. The number of carbonyl (C=O) groups excluding carboxylic acids is 1. The van der Waals surface area contributed by atoms with Crippen LogP contribution in [-0.2, 0) is 0 Å². The van der Waals surface area contributed by atoms with Gasteiger partial charge >= 0.3 is 0 Å². The van der Waals surface area contributed by atoms with Crippen molar-refractivity contribution in [2.24, 2.45) is 0 Å². The van der Waals surface area contributed by atoms with E-state index in [0.717, 1.165) is 22.3 Å². The maximum absolute atomic E-state index is 12.9. The van der Waals surface area contributed by atoms with E-state index in [0.29, 0.717) is 5.56 Å². The third-order valence-corrected chi connectivity index (χ3v) is 3.22. The molecule has 1 nitrogen and oxygen atoms in total. The molecule has 15 heavy (non-hydrogen) atoms. The van der Waals surface area contributed by atoms with Gasteiger partial charge in [-0.25, -0.2) is 4.39 Å². The van der Waals surface area contributed by atoms with Gasteiger partial charge in [0.2, 0.25) is 0 Å². The van der Waals surface area contributed by atoms with Gasteiger partial charge in [-0.15, -0.1) is 11.3 Å². The molecule has 0 N–H and O–H groups in total. The van der Waals surface area contributed by atoms with Crippen molar-refractivity contribution in [3.05, 3.63) is 46.6 Å². The summed E-state index contributed by atoms with van der Waals surface area (Å²) in [6.45, 7) is 1.84. The summed E-state index contributed by atoms with van der Waals surface area (Å²) in [4.78, 5) is 11.7. The molecule has 0 amide bonds. The molecule has 0 saturated heterocycles. The summed E-state index contributed by atoms with van der Waals surface area (Å²) in [5.41, 5.74) is 2.43. The molecule has 0 unspecified atom stereocenters. The highest BCUT2D eigenvalue weighted by Gasteiger charge is 2.08. The van der Waals surface area contributed by atoms with E-state index in [1.165, 1.54) is 23.5 Å². The Labute approximate surface area is 91.2 Å². The Morgan fingerprint density at radius 1 is 1.33 bits per heavy atom. The van der Waals surface area contributed by atoms with Crippen LogP contribution < -0.4 is 0 Å². The van der Waals surface area contributed by atoms with Gasteiger partial charge in [-0.05, 0) is 41.6 Å². The van der Waals surface area contributed by atoms with E-state index in [2.05, 4.69) is 0 Å². The summed E-state index contributed by atoms with van der Waals surface area (Å²) in [6.07, 6.45) is 0.828. The molecule has 2 rings (SSSR count). The molecule has 0 atom stereocenters. The molecule has 0 radical (unpaired) electrons. The van der Waals surface area contributed by atoms with Crippen LogP contribution in [0.15, 0.2) is 29.6 Å². The largest absolute Gasteiger partial charge is 0.298 e. The second-order valence-electron chi connectivity index (χ2n) is 3.28. The Hall–Kier alpha value is -1.48. The van der Waals surface area contributed by atoms with E-state index in [4.69, 9.17) is 0 Å². The number of halogens is 1. The lowest BCUT2D eigenvalue weighted by Crippen LogP contribution is -1.86. The summed E-state index contributed by atoms with van der Waals surface area (Å²) < 4.78 is 12.9. The summed E-state index contributed by atoms with van der Waals surface area (Å²) in [5.74, 6) is -0.250. The third kappa shape index (κ3) is 1.83. The van der Waals surface area contributed by atoms with Gasteiger partial charge in [-0.1, -0.05) is 6.07 Å². The average Bonchev–Trinajstić information content (AvgIpc) is 2.65. The number of benzene rings is 1. The molecule has 3 heteroatoms. The van der Waals surface area contributed by atoms with Gasteiger partial charge in [0, 0.05) is 10.4 Å². The highest BCUT2D eigenvalue weighted by atomic mass is 32.1. The number of thiophene rings is 1. The number of hydrogen-bond acceptors (Lipinski definition) is 2. The van der Waals surface area contributed by atoms with Crippen molar-refractivity contribution in [3.63, 3.8) is 0 Å². The molecule has 0 bridgehead atoms. The van der Waals surface area contributed by atoms with Crippen molar-refractivity contribution in [1.82, 2.24) is 0 Å². The molecule has 0 fully saturated rings. The SMILES string of the molecule is Cc1cc(F)ccc1-c1sccc1C=O. The number of hydrogen-bond donors (Lipinski definition) is 0. The third-order valence-electron chi connectivity index (χ3n) is 2.26. The highest BCUT2D eigenvalue weighted by Crippen LogP contribution is 2.31. The van der Waals surface area contributed by atoms with Crippen molar-refractivity contribution < 1.29 is 9.18 Å². The Bertz CT molecular complexity index is 502. The molecule has 0 spiro atoms. The number of carbonyl (C=O) groups is 1. The van der Waals surface area contributed by atoms with Gasteiger partial charge < -0.3 is 0 Å². The van der Waals surface area contributed by atoms with Gasteiger partial charge in [0.25, 0.3) is 0 Å². The first kappa shape index (κ1) is 10.1. The van der Waals surface area contributed by atoms with Crippen molar-refractivity contribution >= 4 is 17.6 Å². The van der Waals surface area contributed by atoms with E-state index >= 15 is 0 Å². The van der Waals surface area contributed by atoms with E-state index < -0.39 is 0 Å². The van der Waals surface area contributed by atoms with Crippen molar-refractivity contribution in [1.29, 1.82) is 0 Å². The van der Waals surface area contributed by atoms with Crippen LogP contribution in [0.1, 0.15) is 15.9 Å². The first-order valence-electron chi connectivity index (χ1n) is 4.51. The van der Waals surface area contributed by atoms with Crippen LogP contribution in [0.3, 0.4) is 0 Å². The predicted octanol–water partition coefficient (Wildman–Crippen LogP) is 3.68. The first-order chi connectivity index (χ1) is 7.22. The van der Waals surface area contributed by atoms with Crippen LogP contribution in [0.25, 0.3) is 10.4 Å². The standard InChI is InChI=1S/C12H9FOS/c1-8-6-10(13)2-3-11(8)12-9(7-14)4-5-15-12/h2-7H,1H3. The maximum atomic E-state index is 12.9. The minimum absolute atomic E-state index is 0.250. The van der Waals surface area contributed by atoms with E-state index in [-0.39, 0.29) is 5.82 Å². The van der Waals surface area contributed by atoms with Gasteiger partial charge in [0.15, 0.2) is 6.29 Å². The zero-order valence-electron chi connectivity index (χ0n) is 8.16. The van der Waals surface area contributed by atoms with Gasteiger partial charge in [0.05, 0.1) is 0 Å². The van der Waals surface area contributed by atoms with Crippen LogP contribution >= 0.6 is 11.3 Å². The predicted molar refractivity (Wildman–Crippen MR) is 59.8 cm³/mol. The van der Waals surface area contributed by atoms with Gasteiger partial charge in [-0.2, -0.15) is 0 Å². The number of aryl methyl sites for hydroxylation is 1. The summed E-state index contributed by atoms with van der Waals surface area (Å²) in [7, 11) is 0. The summed E-state index contributed by atoms with van der Waals surface area (Å²) >= 11 is 1.49. The average molecular weight is 220 g/mol. The molecule has 0 aliphatic rings. The summed E-state index contributed by atoms with van der Waals surface area (Å²) in [5, 5.41) is 1.86. The zero-order chi connectivity index (χ0) is 10.8. The lowest BCUT2D eigenvalue weighted by molar-refractivity contribution is 0.112. The molecule has 0 aliphatic carbocycles. The molecule has 0 saturated carbocycles. The lowest BCUT2D eigenvalue weighted by atomic mass is 10.0. The quantitative estimate of drug-likeness (QED) is 0.706. The Kier molecular flexibility index (Phi) is 2.64. The molecule has 1 aromatic carbocycles. The monoisotopic (exact) mass is 220 g/mol. The van der Waals surface area contributed by atoms with Crippen LogP contribution in [0.5, 0.6) is 0 Å². The Morgan fingerprint density at radius 3 is 2.80 bits per heavy atom. The molecular formula is C12H9FOS. The van der Waals surface area contributed by atoms with E-state index in [1.54, 1.807) is 12.1 Å². The molecular weight excluding hydrogens is 211 g/mol. The van der Waals surface area contributed by atoms with Crippen LogP contribution in [0, 0.1) is 12.7 Å². The highest BCUT2D eigenvalue weighted by molar-refractivity contribution is 7.14. The number of aldehydes is 1. The Morgan fingerprint density at radius 2 is 2.13 bits per heavy atom. The lowest BCUT2D eigenvalue weighted by Gasteiger charge is -2.03. The minimum atomic E-state index is -0.250.